The molecule has 194 valence electrons. The van der Waals surface area contributed by atoms with Crippen LogP contribution in [0.1, 0.15) is 42.6 Å². The smallest absolute Gasteiger partial charge is 0.267 e. The second kappa shape index (κ2) is 10.1. The average molecular weight is 520 g/mol. The largest absolute Gasteiger partial charge is 0.382 e. The number of anilines is 1. The maximum atomic E-state index is 14.1. The van der Waals surface area contributed by atoms with E-state index in [0.29, 0.717) is 45.7 Å². The van der Waals surface area contributed by atoms with Gasteiger partial charge in [-0.1, -0.05) is 36.1 Å². The molecule has 5 aromatic rings. The van der Waals surface area contributed by atoms with Gasteiger partial charge in [-0.2, -0.15) is 10.2 Å². The first-order valence-corrected chi connectivity index (χ1v) is 12.5. The number of aliphatic hydroxyl groups is 1. The number of nitrogens with two attached hydrogens (primary N) is 1. The first-order chi connectivity index (χ1) is 19.0. The Hall–Kier alpha value is -4.92. The van der Waals surface area contributed by atoms with E-state index in [9.17, 15) is 9.90 Å². The lowest BCUT2D eigenvalue weighted by Crippen LogP contribution is -2.32. The molecule has 6 rings (SSSR count). The fourth-order valence-electron chi connectivity index (χ4n) is 4.70. The van der Waals surface area contributed by atoms with Gasteiger partial charge in [0.2, 0.25) is 0 Å². The van der Waals surface area contributed by atoms with Crippen LogP contribution in [-0.2, 0) is 0 Å². The highest BCUT2D eigenvalue weighted by molar-refractivity contribution is 5.84. The van der Waals surface area contributed by atoms with Crippen molar-refractivity contribution in [1.29, 1.82) is 0 Å². The molecule has 1 aliphatic heterocycles. The lowest BCUT2D eigenvalue weighted by atomic mass is 10.1. The maximum Gasteiger partial charge on any atom is 0.267 e. The third-order valence-corrected chi connectivity index (χ3v) is 6.56. The minimum Gasteiger partial charge on any atom is -0.382 e. The summed E-state index contributed by atoms with van der Waals surface area (Å²) >= 11 is 0. The summed E-state index contributed by atoms with van der Waals surface area (Å²) in [6.45, 7) is 2.48. The Kier molecular flexibility index (Phi) is 6.32. The van der Waals surface area contributed by atoms with E-state index in [0.717, 1.165) is 6.42 Å². The van der Waals surface area contributed by atoms with Gasteiger partial charge in [-0.25, -0.2) is 14.5 Å². The predicted molar refractivity (Wildman–Crippen MR) is 146 cm³/mol. The van der Waals surface area contributed by atoms with E-state index < -0.39 is 12.3 Å². The van der Waals surface area contributed by atoms with Crippen molar-refractivity contribution in [1.82, 2.24) is 29.5 Å². The molecule has 0 saturated heterocycles. The molecule has 0 bridgehead atoms. The van der Waals surface area contributed by atoms with Crippen LogP contribution in [-0.4, -0.2) is 41.8 Å². The SMILES string of the molecule is CC(NC(O)c1c(N)nn2cccnc12)c1nc2cccc(C#CC3CCN=N3)c2c(=O)n1-c1ccccc1. The molecule has 11 nitrogen and oxygen atoms in total. The number of rotatable bonds is 5. The van der Waals surface area contributed by atoms with Gasteiger partial charge >= 0.3 is 0 Å². The van der Waals surface area contributed by atoms with Gasteiger partial charge in [-0.05, 0) is 37.3 Å². The Morgan fingerprint density at radius 3 is 2.79 bits per heavy atom. The molecule has 0 radical (unpaired) electrons. The van der Waals surface area contributed by atoms with Crippen molar-refractivity contribution in [3.05, 3.63) is 94.3 Å². The van der Waals surface area contributed by atoms with Gasteiger partial charge in [0.1, 0.15) is 18.1 Å². The van der Waals surface area contributed by atoms with Gasteiger partial charge in [0.05, 0.1) is 34.7 Å². The van der Waals surface area contributed by atoms with Crippen molar-refractivity contribution in [2.75, 3.05) is 12.3 Å². The molecule has 0 aliphatic carbocycles. The van der Waals surface area contributed by atoms with Gasteiger partial charge in [-0.3, -0.25) is 14.7 Å². The van der Waals surface area contributed by atoms with E-state index in [2.05, 4.69) is 37.5 Å². The van der Waals surface area contributed by atoms with Crippen molar-refractivity contribution in [2.45, 2.75) is 31.7 Å². The van der Waals surface area contributed by atoms with Crippen LogP contribution in [0.5, 0.6) is 0 Å². The minimum atomic E-state index is -1.22. The average Bonchev–Trinajstić information content (AvgIpc) is 3.59. The molecule has 1 aliphatic rings. The van der Waals surface area contributed by atoms with Gasteiger partial charge in [0, 0.05) is 24.4 Å². The lowest BCUT2D eigenvalue weighted by Gasteiger charge is -2.22. The molecule has 39 heavy (non-hydrogen) atoms. The lowest BCUT2D eigenvalue weighted by molar-refractivity contribution is 0.126. The second-order valence-electron chi connectivity index (χ2n) is 9.18. The maximum absolute atomic E-state index is 14.1. The minimum absolute atomic E-state index is 0.151. The Labute approximate surface area is 223 Å². The zero-order valence-corrected chi connectivity index (χ0v) is 21.1. The number of nitrogens with one attached hydrogen (secondary N) is 1. The number of aromatic nitrogens is 5. The molecule has 0 amide bonds. The van der Waals surface area contributed by atoms with Crippen LogP contribution in [0.2, 0.25) is 0 Å². The molecule has 3 atom stereocenters. The van der Waals surface area contributed by atoms with Gasteiger partial charge in [0.15, 0.2) is 11.5 Å². The monoisotopic (exact) mass is 519 g/mol. The number of benzene rings is 2. The summed E-state index contributed by atoms with van der Waals surface area (Å²) in [6, 6.07) is 15.6. The third kappa shape index (κ3) is 4.52. The third-order valence-electron chi connectivity index (χ3n) is 6.56. The van der Waals surface area contributed by atoms with Crippen molar-refractivity contribution in [2.24, 2.45) is 10.2 Å². The zero-order chi connectivity index (χ0) is 26.9. The summed E-state index contributed by atoms with van der Waals surface area (Å²) in [4.78, 5) is 23.3. The molecule has 2 aromatic carbocycles. The second-order valence-corrected chi connectivity index (χ2v) is 9.18. The normalized spacial score (nSPS) is 16.3. The number of nitrogen functional groups attached to an aromatic ring is 1. The summed E-state index contributed by atoms with van der Waals surface area (Å²) in [5.41, 5.74) is 8.34. The molecular weight excluding hydrogens is 494 g/mol. The first-order valence-electron chi connectivity index (χ1n) is 12.5. The number of fused-ring (bicyclic) bond motifs is 2. The van der Waals surface area contributed by atoms with E-state index in [-0.39, 0.29) is 17.4 Å². The summed E-state index contributed by atoms with van der Waals surface area (Å²) in [6.07, 6.45) is 2.85. The summed E-state index contributed by atoms with van der Waals surface area (Å²) < 4.78 is 3.05. The Morgan fingerprint density at radius 1 is 1.15 bits per heavy atom. The summed E-state index contributed by atoms with van der Waals surface area (Å²) in [7, 11) is 0. The standard InChI is InChI=1S/C28H25N9O2/c1-17(32-27(38)23-24(29)35-36-16-6-14-30-26(23)36)25-33-21-10-5-7-18(11-12-19-13-15-31-34-19)22(21)28(39)37(25)20-8-3-2-4-9-20/h2-10,14,16-17,19,27,32,38H,13,15H2,1H3,(H2,29,35). The predicted octanol–water partition coefficient (Wildman–Crippen LogP) is 2.93. The van der Waals surface area contributed by atoms with Crippen LogP contribution < -0.4 is 16.6 Å². The van der Waals surface area contributed by atoms with Crippen molar-refractivity contribution in [3.8, 4) is 17.5 Å². The van der Waals surface area contributed by atoms with E-state index in [1.807, 2.05) is 49.4 Å². The van der Waals surface area contributed by atoms with E-state index in [1.54, 1.807) is 29.1 Å². The fourth-order valence-corrected chi connectivity index (χ4v) is 4.70. The van der Waals surface area contributed by atoms with Crippen LogP contribution in [0, 0.1) is 11.8 Å². The molecule has 11 heteroatoms. The molecule has 0 spiro atoms. The summed E-state index contributed by atoms with van der Waals surface area (Å²) in [5.74, 6) is 6.81. The van der Waals surface area contributed by atoms with E-state index in [4.69, 9.17) is 10.7 Å². The van der Waals surface area contributed by atoms with Crippen molar-refractivity contribution >= 4 is 22.4 Å². The Balaban J connectivity index is 1.46. The number of para-hydroxylation sites is 1. The van der Waals surface area contributed by atoms with E-state index >= 15 is 0 Å². The number of nitrogens with zero attached hydrogens (tertiary/aromatic N) is 7. The Morgan fingerprint density at radius 2 is 2.00 bits per heavy atom. The van der Waals surface area contributed by atoms with Gasteiger partial charge < -0.3 is 10.8 Å². The first kappa shape index (κ1) is 24.4. The van der Waals surface area contributed by atoms with Gasteiger partial charge in [0.25, 0.3) is 5.56 Å². The highest BCUT2D eigenvalue weighted by atomic mass is 16.3. The molecule has 0 saturated carbocycles. The van der Waals surface area contributed by atoms with Crippen molar-refractivity contribution in [3.63, 3.8) is 0 Å². The molecule has 4 N–H and O–H groups in total. The van der Waals surface area contributed by atoms with E-state index in [1.165, 1.54) is 4.52 Å². The highest BCUT2D eigenvalue weighted by Crippen LogP contribution is 2.26. The van der Waals surface area contributed by atoms with Crippen molar-refractivity contribution < 1.29 is 5.11 Å². The zero-order valence-electron chi connectivity index (χ0n) is 21.1. The quantitative estimate of drug-likeness (QED) is 0.239. The fraction of sp³-hybridized carbons (Fsp3) is 0.214. The molecule has 3 aromatic heterocycles. The number of hydrogen-bond donors (Lipinski definition) is 3. The van der Waals surface area contributed by atoms with Crippen LogP contribution in [0.3, 0.4) is 0 Å². The highest BCUT2D eigenvalue weighted by Gasteiger charge is 2.25. The molecular formula is C28H25N9O2. The van der Waals surface area contributed by atoms with Gasteiger partial charge in [-0.15, -0.1) is 5.10 Å². The topological polar surface area (TPSA) is 148 Å². The van der Waals surface area contributed by atoms with Crippen LogP contribution in [0.15, 0.2) is 82.0 Å². The molecule has 0 fully saturated rings. The van der Waals surface area contributed by atoms with Crippen LogP contribution >= 0.6 is 0 Å². The number of aliphatic hydroxyl groups excluding tert-OH is 1. The molecule has 4 heterocycles. The number of azo groups is 1. The number of hydrogen-bond acceptors (Lipinski definition) is 9. The van der Waals surface area contributed by atoms with Crippen LogP contribution in [0.25, 0.3) is 22.2 Å². The summed E-state index contributed by atoms with van der Waals surface area (Å²) in [5, 5.41) is 27.0. The molecule has 3 unspecified atom stereocenters. The van der Waals surface area contributed by atoms with Crippen LogP contribution in [0.4, 0.5) is 5.82 Å². The Bertz CT molecular complexity index is 1830.